The van der Waals surface area contributed by atoms with Crippen molar-refractivity contribution in [3.63, 3.8) is 0 Å². The van der Waals surface area contributed by atoms with Gasteiger partial charge in [-0.05, 0) is 19.1 Å². The number of esters is 1. The Bertz CT molecular complexity index is 453. The van der Waals surface area contributed by atoms with E-state index < -0.39 is 0 Å². The largest absolute Gasteiger partial charge is 0.463 e. The molecule has 5 heteroatoms. The molecule has 20 heavy (non-hydrogen) atoms. The van der Waals surface area contributed by atoms with E-state index in [9.17, 15) is 4.79 Å². The molecule has 1 saturated heterocycles. The Morgan fingerprint density at radius 3 is 2.70 bits per heavy atom. The molecule has 0 bridgehead atoms. The van der Waals surface area contributed by atoms with Crippen LogP contribution < -0.4 is 4.90 Å². The maximum absolute atomic E-state index is 11.5. The fourth-order valence-electron chi connectivity index (χ4n) is 2.24. The van der Waals surface area contributed by atoms with Crippen molar-refractivity contribution in [1.82, 2.24) is 9.88 Å². The molecule has 5 nitrogen and oxygen atoms in total. The first-order valence-electron chi connectivity index (χ1n) is 6.94. The van der Waals surface area contributed by atoms with Crippen molar-refractivity contribution < 1.29 is 9.53 Å². The predicted octanol–water partition coefficient (Wildman–Crippen LogP) is 1.32. The monoisotopic (exact) mass is 275 g/mol. The highest BCUT2D eigenvalue weighted by atomic mass is 16.5. The quantitative estimate of drug-likeness (QED) is 0.599. The molecule has 0 atom stereocenters. The number of hydrogen-bond donors (Lipinski definition) is 0. The van der Waals surface area contributed by atoms with Gasteiger partial charge in [0.25, 0.3) is 0 Å². The average molecular weight is 275 g/mol. The minimum absolute atomic E-state index is 0.292. The third-order valence-corrected chi connectivity index (χ3v) is 3.32. The van der Waals surface area contributed by atoms with Crippen molar-refractivity contribution in [2.75, 3.05) is 44.2 Å². The fourth-order valence-corrected chi connectivity index (χ4v) is 2.24. The van der Waals surface area contributed by atoms with Gasteiger partial charge in [-0.25, -0.2) is 9.78 Å². The summed E-state index contributed by atoms with van der Waals surface area (Å²) in [4.78, 5) is 20.4. The van der Waals surface area contributed by atoms with Crippen molar-refractivity contribution in [2.45, 2.75) is 6.92 Å². The van der Waals surface area contributed by atoms with Crippen molar-refractivity contribution in [3.05, 3.63) is 36.5 Å². The Morgan fingerprint density at radius 1 is 1.35 bits per heavy atom. The zero-order chi connectivity index (χ0) is 14.4. The standard InChI is InChI=1S/C15H21N3O2/c1-3-20-15(19)13(2)12-17-8-10-18(11-9-17)14-6-4-5-7-16-14/h4-7H,2-3,8-12H2,1H3. The van der Waals surface area contributed by atoms with Crippen molar-refractivity contribution in [3.8, 4) is 0 Å². The molecule has 0 radical (unpaired) electrons. The normalized spacial score (nSPS) is 15.9. The van der Waals surface area contributed by atoms with Crippen molar-refractivity contribution in [1.29, 1.82) is 0 Å². The predicted molar refractivity (Wildman–Crippen MR) is 78.7 cm³/mol. The lowest BCUT2D eigenvalue weighted by Gasteiger charge is -2.35. The summed E-state index contributed by atoms with van der Waals surface area (Å²) in [6, 6.07) is 5.94. The van der Waals surface area contributed by atoms with Gasteiger partial charge in [0.15, 0.2) is 0 Å². The number of ether oxygens (including phenoxy) is 1. The van der Waals surface area contributed by atoms with Crippen LogP contribution in [-0.2, 0) is 9.53 Å². The van der Waals surface area contributed by atoms with Crippen LogP contribution in [0.15, 0.2) is 36.5 Å². The summed E-state index contributed by atoms with van der Waals surface area (Å²) in [7, 11) is 0. The maximum Gasteiger partial charge on any atom is 0.334 e. The number of nitrogens with zero attached hydrogens (tertiary/aromatic N) is 3. The van der Waals surface area contributed by atoms with Crippen LogP contribution in [-0.4, -0.2) is 55.2 Å². The van der Waals surface area contributed by atoms with E-state index in [1.807, 2.05) is 24.4 Å². The summed E-state index contributed by atoms with van der Waals surface area (Å²) in [6.45, 7) is 10.2. The molecule has 1 fully saturated rings. The van der Waals surface area contributed by atoms with E-state index >= 15 is 0 Å². The Morgan fingerprint density at radius 2 is 2.10 bits per heavy atom. The lowest BCUT2D eigenvalue weighted by atomic mass is 10.2. The number of pyridine rings is 1. The molecule has 0 spiro atoms. The summed E-state index contributed by atoms with van der Waals surface area (Å²) >= 11 is 0. The van der Waals surface area contributed by atoms with Gasteiger partial charge in [-0.15, -0.1) is 0 Å². The average Bonchev–Trinajstić information content (AvgIpc) is 2.49. The van der Waals surface area contributed by atoms with Gasteiger partial charge in [0.2, 0.25) is 0 Å². The molecule has 1 aromatic heterocycles. The van der Waals surface area contributed by atoms with Crippen LogP contribution in [0.3, 0.4) is 0 Å². The minimum Gasteiger partial charge on any atom is -0.463 e. The molecule has 0 unspecified atom stereocenters. The third-order valence-electron chi connectivity index (χ3n) is 3.32. The van der Waals surface area contributed by atoms with Crippen molar-refractivity contribution in [2.24, 2.45) is 0 Å². The first kappa shape index (κ1) is 14.5. The van der Waals surface area contributed by atoms with Crippen LogP contribution in [0, 0.1) is 0 Å². The molecular formula is C15H21N3O2. The first-order chi connectivity index (χ1) is 9.70. The van der Waals surface area contributed by atoms with Gasteiger partial charge in [-0.1, -0.05) is 12.6 Å². The number of anilines is 1. The number of piperazine rings is 1. The van der Waals surface area contributed by atoms with Gasteiger partial charge in [-0.2, -0.15) is 0 Å². The Kier molecular flexibility index (Phi) is 5.12. The zero-order valence-electron chi connectivity index (χ0n) is 11.9. The Hall–Kier alpha value is -1.88. The Labute approximate surface area is 119 Å². The summed E-state index contributed by atoms with van der Waals surface area (Å²) in [5.41, 5.74) is 0.526. The lowest BCUT2D eigenvalue weighted by molar-refractivity contribution is -0.138. The number of hydrogen-bond acceptors (Lipinski definition) is 5. The second kappa shape index (κ2) is 7.05. The first-order valence-corrected chi connectivity index (χ1v) is 6.94. The summed E-state index contributed by atoms with van der Waals surface area (Å²) in [5.74, 6) is 0.719. The lowest BCUT2D eigenvalue weighted by Crippen LogP contribution is -2.47. The van der Waals surface area contributed by atoms with Gasteiger partial charge >= 0.3 is 5.97 Å². The van der Waals surface area contributed by atoms with Gasteiger partial charge < -0.3 is 9.64 Å². The molecular weight excluding hydrogens is 254 g/mol. The van der Waals surface area contributed by atoms with Gasteiger partial charge in [0.1, 0.15) is 5.82 Å². The Balaban J connectivity index is 1.80. The highest BCUT2D eigenvalue weighted by Gasteiger charge is 2.20. The van der Waals surface area contributed by atoms with Gasteiger partial charge in [-0.3, -0.25) is 4.90 Å². The van der Waals surface area contributed by atoms with E-state index in [0.29, 0.717) is 18.7 Å². The summed E-state index contributed by atoms with van der Waals surface area (Å²) < 4.78 is 4.95. The van der Waals surface area contributed by atoms with E-state index in [1.54, 1.807) is 6.92 Å². The van der Waals surface area contributed by atoms with Crippen molar-refractivity contribution >= 4 is 11.8 Å². The highest BCUT2D eigenvalue weighted by molar-refractivity contribution is 5.88. The smallest absolute Gasteiger partial charge is 0.334 e. The third kappa shape index (κ3) is 3.81. The van der Waals surface area contributed by atoms with E-state index in [-0.39, 0.29) is 5.97 Å². The molecule has 1 aliphatic rings. The van der Waals surface area contributed by atoms with Crippen LogP contribution in [0.25, 0.3) is 0 Å². The minimum atomic E-state index is -0.292. The molecule has 0 N–H and O–H groups in total. The topological polar surface area (TPSA) is 45.7 Å². The van der Waals surface area contributed by atoms with Crippen LogP contribution in [0.4, 0.5) is 5.82 Å². The zero-order valence-corrected chi connectivity index (χ0v) is 11.9. The number of rotatable bonds is 5. The van der Waals surface area contributed by atoms with Crippen LogP contribution in [0.5, 0.6) is 0 Å². The number of carbonyl (C=O) groups excluding carboxylic acids is 1. The fraction of sp³-hybridized carbons (Fsp3) is 0.467. The molecule has 1 aliphatic heterocycles. The molecule has 0 saturated carbocycles. The maximum atomic E-state index is 11.5. The van der Waals surface area contributed by atoms with E-state index in [2.05, 4.69) is 21.4 Å². The molecule has 2 rings (SSSR count). The van der Waals surface area contributed by atoms with Crippen LogP contribution in [0.2, 0.25) is 0 Å². The number of carbonyl (C=O) groups is 1. The molecule has 2 heterocycles. The molecule has 0 aromatic carbocycles. The van der Waals surface area contributed by atoms with Gasteiger partial charge in [0.05, 0.1) is 6.61 Å². The molecule has 1 aromatic rings. The second-order valence-corrected chi connectivity index (χ2v) is 4.78. The van der Waals surface area contributed by atoms with Crippen LogP contribution in [0.1, 0.15) is 6.92 Å². The van der Waals surface area contributed by atoms with E-state index in [1.165, 1.54) is 0 Å². The number of aromatic nitrogens is 1. The molecule has 108 valence electrons. The molecule has 0 aliphatic carbocycles. The highest BCUT2D eigenvalue weighted by Crippen LogP contribution is 2.13. The van der Waals surface area contributed by atoms with E-state index in [4.69, 9.17) is 4.74 Å². The second-order valence-electron chi connectivity index (χ2n) is 4.78. The summed E-state index contributed by atoms with van der Waals surface area (Å²) in [5, 5.41) is 0. The van der Waals surface area contributed by atoms with E-state index in [0.717, 1.165) is 32.0 Å². The summed E-state index contributed by atoms with van der Waals surface area (Å²) in [6.07, 6.45) is 1.81. The van der Waals surface area contributed by atoms with Gasteiger partial charge in [0, 0.05) is 44.5 Å². The molecule has 0 amide bonds. The SMILES string of the molecule is C=C(CN1CCN(c2ccccn2)CC1)C(=O)OCC. The van der Waals surface area contributed by atoms with Crippen LogP contribution >= 0.6 is 0 Å².